The highest BCUT2D eigenvalue weighted by atomic mass is 35.5. The molecule has 0 atom stereocenters. The summed E-state index contributed by atoms with van der Waals surface area (Å²) in [5.41, 5.74) is 2.69. The van der Waals surface area contributed by atoms with Crippen LogP contribution in [0.5, 0.6) is 0 Å². The maximum absolute atomic E-state index is 12.9. The molecule has 2 aromatic heterocycles. The molecule has 168 valence electrons. The monoisotopic (exact) mass is 498 g/mol. The number of carbonyl (C=O) groups excluding carboxylic acids is 1. The van der Waals surface area contributed by atoms with E-state index in [4.69, 9.17) is 11.6 Å². The van der Waals surface area contributed by atoms with Crippen LogP contribution in [0.1, 0.15) is 11.3 Å². The van der Waals surface area contributed by atoms with Crippen LogP contribution < -0.4 is 10.0 Å². The Kier molecular flexibility index (Phi) is 6.73. The largest absolute Gasteiger partial charge is 0.326 e. The Morgan fingerprint density at radius 3 is 2.70 bits per heavy atom. The average Bonchev–Trinajstić information content (AvgIpc) is 3.25. The van der Waals surface area contributed by atoms with E-state index in [1.807, 2.05) is 17.5 Å². The predicted octanol–water partition coefficient (Wildman–Crippen LogP) is 5.15. The molecule has 4 rings (SSSR count). The van der Waals surface area contributed by atoms with E-state index in [1.165, 1.54) is 17.4 Å². The van der Waals surface area contributed by atoms with E-state index in [9.17, 15) is 13.2 Å². The molecule has 4 aromatic rings. The smallest absolute Gasteiger partial charge is 0.262 e. The van der Waals surface area contributed by atoms with Gasteiger partial charge in [-0.2, -0.15) is 0 Å². The molecule has 0 bridgehead atoms. The molecule has 0 unspecified atom stereocenters. The summed E-state index contributed by atoms with van der Waals surface area (Å²) in [6.45, 7) is 1.68. The van der Waals surface area contributed by atoms with Crippen LogP contribution in [0.2, 0.25) is 5.02 Å². The molecule has 0 aliphatic heterocycles. The van der Waals surface area contributed by atoms with E-state index in [0.29, 0.717) is 16.9 Å². The highest BCUT2D eigenvalue weighted by molar-refractivity contribution is 7.92. The van der Waals surface area contributed by atoms with Crippen molar-refractivity contribution < 1.29 is 13.2 Å². The number of thiazole rings is 1. The van der Waals surface area contributed by atoms with E-state index in [1.54, 1.807) is 55.7 Å². The van der Waals surface area contributed by atoms with Gasteiger partial charge < -0.3 is 5.32 Å². The summed E-state index contributed by atoms with van der Waals surface area (Å²) in [7, 11) is -3.91. The third-order valence-corrected chi connectivity index (χ3v) is 7.46. The van der Waals surface area contributed by atoms with Crippen LogP contribution in [0.15, 0.2) is 77.3 Å². The summed E-state index contributed by atoms with van der Waals surface area (Å²) in [6.07, 6.45) is 3.46. The maximum Gasteiger partial charge on any atom is 0.262 e. The standard InChI is InChI=1S/C23H19ClN4O3S2/c1-15-8-9-17(11-21(15)33(30,31)28-20-7-3-2-6-19(20)24)26-22(29)12-18-14-32-23(27-18)16-5-4-10-25-13-16/h2-11,13-14,28H,12H2,1H3,(H,26,29). The second-order valence-electron chi connectivity index (χ2n) is 7.18. The average molecular weight is 499 g/mol. The maximum atomic E-state index is 12.9. The molecule has 0 aliphatic carbocycles. The van der Waals surface area contributed by atoms with E-state index in [2.05, 4.69) is 20.0 Å². The number of nitrogens with one attached hydrogen (secondary N) is 2. The fraction of sp³-hybridized carbons (Fsp3) is 0.0870. The quantitative estimate of drug-likeness (QED) is 0.367. The fourth-order valence-corrected chi connectivity index (χ4v) is 5.49. The van der Waals surface area contributed by atoms with Gasteiger partial charge in [-0.05, 0) is 48.9 Å². The summed E-state index contributed by atoms with van der Waals surface area (Å²) < 4.78 is 28.4. The first-order chi connectivity index (χ1) is 15.8. The van der Waals surface area contributed by atoms with Gasteiger partial charge in [0.1, 0.15) is 5.01 Å². The zero-order chi connectivity index (χ0) is 23.4. The summed E-state index contributed by atoms with van der Waals surface area (Å²) in [6, 6.07) is 15.0. The fourth-order valence-electron chi connectivity index (χ4n) is 3.09. The number of amides is 1. The molecule has 10 heteroatoms. The zero-order valence-corrected chi connectivity index (χ0v) is 19.8. The number of aryl methyl sites for hydroxylation is 1. The van der Waals surface area contributed by atoms with E-state index >= 15 is 0 Å². The molecule has 7 nitrogen and oxygen atoms in total. The number of nitrogens with zero attached hydrogens (tertiary/aromatic N) is 2. The third-order valence-electron chi connectivity index (χ3n) is 4.68. The Hall–Kier alpha value is -3.27. The summed E-state index contributed by atoms with van der Waals surface area (Å²) >= 11 is 7.51. The molecule has 0 aliphatic rings. The van der Waals surface area contributed by atoms with Crippen molar-refractivity contribution in [3.05, 3.63) is 88.7 Å². The van der Waals surface area contributed by atoms with Crippen molar-refractivity contribution in [2.45, 2.75) is 18.2 Å². The van der Waals surface area contributed by atoms with E-state index in [0.717, 1.165) is 10.6 Å². The summed E-state index contributed by atoms with van der Waals surface area (Å²) in [4.78, 5) is 21.2. The van der Waals surface area contributed by atoms with Crippen molar-refractivity contribution in [3.8, 4) is 10.6 Å². The van der Waals surface area contributed by atoms with Crippen LogP contribution in [0, 0.1) is 6.92 Å². The van der Waals surface area contributed by atoms with Crippen LogP contribution in [-0.4, -0.2) is 24.3 Å². The first-order valence-corrected chi connectivity index (χ1v) is 12.6. The number of carbonyl (C=O) groups is 1. The van der Waals surface area contributed by atoms with Crippen molar-refractivity contribution in [2.24, 2.45) is 0 Å². The number of para-hydroxylation sites is 1. The first kappa shape index (κ1) is 22.9. The van der Waals surface area contributed by atoms with Crippen LogP contribution >= 0.6 is 22.9 Å². The number of rotatable bonds is 7. The lowest BCUT2D eigenvalue weighted by Gasteiger charge is -2.13. The molecule has 1 amide bonds. The van der Waals surface area contributed by atoms with Gasteiger partial charge in [0, 0.05) is 29.0 Å². The van der Waals surface area contributed by atoms with Gasteiger partial charge in [-0.1, -0.05) is 29.8 Å². The van der Waals surface area contributed by atoms with Crippen molar-refractivity contribution in [2.75, 3.05) is 10.0 Å². The van der Waals surface area contributed by atoms with Crippen LogP contribution in [0.25, 0.3) is 10.6 Å². The second kappa shape index (κ2) is 9.70. The van der Waals surface area contributed by atoms with Gasteiger partial charge in [0.25, 0.3) is 10.0 Å². The van der Waals surface area contributed by atoms with Gasteiger partial charge in [0.2, 0.25) is 5.91 Å². The lowest BCUT2D eigenvalue weighted by atomic mass is 10.2. The number of halogens is 1. The number of benzene rings is 2. The molecule has 0 radical (unpaired) electrons. The molecule has 0 saturated heterocycles. The zero-order valence-electron chi connectivity index (χ0n) is 17.4. The topological polar surface area (TPSA) is 101 Å². The molecule has 33 heavy (non-hydrogen) atoms. The normalized spacial score (nSPS) is 11.2. The second-order valence-corrected chi connectivity index (χ2v) is 10.1. The third kappa shape index (κ3) is 5.57. The molecule has 0 saturated carbocycles. The van der Waals surface area contributed by atoms with Gasteiger partial charge in [-0.15, -0.1) is 11.3 Å². The molecular weight excluding hydrogens is 480 g/mol. The molecular formula is C23H19ClN4O3S2. The highest BCUT2D eigenvalue weighted by Gasteiger charge is 2.19. The van der Waals surface area contributed by atoms with Gasteiger partial charge in [0.05, 0.1) is 27.7 Å². The Morgan fingerprint density at radius 2 is 1.94 bits per heavy atom. The molecule has 2 aromatic carbocycles. The molecule has 0 fully saturated rings. The minimum absolute atomic E-state index is 0.0488. The van der Waals surface area contributed by atoms with Crippen molar-refractivity contribution in [3.63, 3.8) is 0 Å². The first-order valence-electron chi connectivity index (χ1n) is 9.84. The SMILES string of the molecule is Cc1ccc(NC(=O)Cc2csc(-c3cccnc3)n2)cc1S(=O)(=O)Nc1ccccc1Cl. The minimum Gasteiger partial charge on any atom is -0.326 e. The number of pyridine rings is 1. The van der Waals surface area contributed by atoms with E-state index in [-0.39, 0.29) is 27.9 Å². The van der Waals surface area contributed by atoms with Crippen molar-refractivity contribution in [1.29, 1.82) is 0 Å². The number of sulfonamides is 1. The Labute approximate surface area is 200 Å². The molecule has 2 heterocycles. The van der Waals surface area contributed by atoms with Gasteiger partial charge in [-0.25, -0.2) is 13.4 Å². The Balaban J connectivity index is 1.48. The van der Waals surface area contributed by atoms with Crippen molar-refractivity contribution in [1.82, 2.24) is 9.97 Å². The van der Waals surface area contributed by atoms with Crippen LogP contribution in [-0.2, 0) is 21.2 Å². The number of aromatic nitrogens is 2. The molecule has 0 spiro atoms. The number of hydrogen-bond donors (Lipinski definition) is 2. The molecule has 2 N–H and O–H groups in total. The number of anilines is 2. The Bertz CT molecular complexity index is 1410. The predicted molar refractivity (Wildman–Crippen MR) is 131 cm³/mol. The van der Waals surface area contributed by atoms with Crippen LogP contribution in [0.3, 0.4) is 0 Å². The van der Waals surface area contributed by atoms with E-state index < -0.39 is 10.0 Å². The lowest BCUT2D eigenvalue weighted by molar-refractivity contribution is -0.115. The highest BCUT2D eigenvalue weighted by Crippen LogP contribution is 2.27. The van der Waals surface area contributed by atoms with Gasteiger partial charge in [-0.3, -0.25) is 14.5 Å². The minimum atomic E-state index is -3.91. The van der Waals surface area contributed by atoms with Crippen molar-refractivity contribution >= 4 is 50.2 Å². The summed E-state index contributed by atoms with van der Waals surface area (Å²) in [5.74, 6) is -0.302. The summed E-state index contributed by atoms with van der Waals surface area (Å²) in [5, 5.41) is 5.64. The van der Waals surface area contributed by atoms with Gasteiger partial charge in [0.15, 0.2) is 0 Å². The lowest BCUT2D eigenvalue weighted by Crippen LogP contribution is -2.17. The number of hydrogen-bond acceptors (Lipinski definition) is 6. The van der Waals surface area contributed by atoms with Gasteiger partial charge >= 0.3 is 0 Å². The Morgan fingerprint density at radius 1 is 1.12 bits per heavy atom. The van der Waals surface area contributed by atoms with Crippen LogP contribution in [0.4, 0.5) is 11.4 Å².